The SMILES string of the molecule is CCC1(OC(=O)C(C)(C)CC)CCCC1.CCc1cc(C(C)CC)ccc1O. The van der Waals surface area contributed by atoms with E-state index in [4.69, 9.17) is 4.74 Å². The minimum Gasteiger partial charge on any atom is -0.508 e. The molecule has 1 fully saturated rings. The van der Waals surface area contributed by atoms with E-state index >= 15 is 0 Å². The average molecular weight is 391 g/mol. The molecule has 28 heavy (non-hydrogen) atoms. The molecule has 1 aromatic rings. The third-order valence-corrected chi connectivity index (χ3v) is 6.57. The van der Waals surface area contributed by atoms with Crippen LogP contribution in [0.1, 0.15) is 110 Å². The van der Waals surface area contributed by atoms with Crippen molar-refractivity contribution in [3.63, 3.8) is 0 Å². The van der Waals surface area contributed by atoms with Crippen molar-refractivity contribution < 1.29 is 14.6 Å². The van der Waals surface area contributed by atoms with E-state index in [-0.39, 0.29) is 17.0 Å². The van der Waals surface area contributed by atoms with Gasteiger partial charge in [0.05, 0.1) is 5.41 Å². The van der Waals surface area contributed by atoms with Crippen molar-refractivity contribution in [1.29, 1.82) is 0 Å². The highest BCUT2D eigenvalue weighted by atomic mass is 16.6. The number of carbonyl (C=O) groups is 1. The van der Waals surface area contributed by atoms with Gasteiger partial charge in [-0.15, -0.1) is 0 Å². The van der Waals surface area contributed by atoms with Gasteiger partial charge < -0.3 is 9.84 Å². The fraction of sp³-hybridized carbons (Fsp3) is 0.720. The molecule has 1 aromatic carbocycles. The van der Waals surface area contributed by atoms with Gasteiger partial charge in [-0.05, 0) is 88.3 Å². The van der Waals surface area contributed by atoms with Crippen molar-refractivity contribution in [2.45, 2.75) is 111 Å². The van der Waals surface area contributed by atoms with E-state index in [0.717, 1.165) is 44.1 Å². The Balaban J connectivity index is 0.000000283. The zero-order valence-corrected chi connectivity index (χ0v) is 19.2. The van der Waals surface area contributed by atoms with Gasteiger partial charge in [-0.1, -0.05) is 46.8 Å². The predicted molar refractivity (Wildman–Crippen MR) is 118 cm³/mol. The lowest BCUT2D eigenvalue weighted by atomic mass is 9.89. The number of hydrogen-bond donors (Lipinski definition) is 1. The molecule has 0 aliphatic heterocycles. The summed E-state index contributed by atoms with van der Waals surface area (Å²) in [6.45, 7) is 14.6. The number of rotatable bonds is 7. The molecule has 0 spiro atoms. The predicted octanol–water partition coefficient (Wildman–Crippen LogP) is 7.16. The third kappa shape index (κ3) is 6.53. The van der Waals surface area contributed by atoms with Crippen molar-refractivity contribution in [2.75, 3.05) is 0 Å². The van der Waals surface area contributed by atoms with Crippen molar-refractivity contribution in [1.82, 2.24) is 0 Å². The van der Waals surface area contributed by atoms with E-state index < -0.39 is 0 Å². The van der Waals surface area contributed by atoms with Crippen LogP contribution in [0.3, 0.4) is 0 Å². The van der Waals surface area contributed by atoms with Gasteiger partial charge >= 0.3 is 5.97 Å². The quantitative estimate of drug-likeness (QED) is 0.502. The third-order valence-electron chi connectivity index (χ3n) is 6.57. The van der Waals surface area contributed by atoms with Crippen LogP contribution in [0.15, 0.2) is 18.2 Å². The highest BCUT2D eigenvalue weighted by Crippen LogP contribution is 2.38. The number of aryl methyl sites for hydroxylation is 1. The summed E-state index contributed by atoms with van der Waals surface area (Å²) in [5, 5.41) is 9.49. The average Bonchev–Trinajstić information content (AvgIpc) is 3.17. The smallest absolute Gasteiger partial charge is 0.312 e. The zero-order chi connectivity index (χ0) is 21.4. The first-order valence-electron chi connectivity index (χ1n) is 11.2. The van der Waals surface area contributed by atoms with E-state index in [1.807, 2.05) is 26.8 Å². The van der Waals surface area contributed by atoms with E-state index in [0.29, 0.717) is 11.7 Å². The minimum absolute atomic E-state index is 0.0197. The van der Waals surface area contributed by atoms with Crippen molar-refractivity contribution >= 4 is 5.97 Å². The van der Waals surface area contributed by atoms with E-state index in [2.05, 4.69) is 33.8 Å². The summed E-state index contributed by atoms with van der Waals surface area (Å²) in [6.07, 6.45) is 8.35. The molecule has 0 heterocycles. The Morgan fingerprint density at radius 2 is 1.79 bits per heavy atom. The number of esters is 1. The van der Waals surface area contributed by atoms with Gasteiger partial charge in [0.2, 0.25) is 0 Å². The summed E-state index contributed by atoms with van der Waals surface area (Å²) in [4.78, 5) is 12.0. The summed E-state index contributed by atoms with van der Waals surface area (Å²) >= 11 is 0. The number of aromatic hydroxyl groups is 1. The molecule has 0 bridgehead atoms. The number of phenolic OH excluding ortho intramolecular Hbond substituents is 1. The maximum absolute atomic E-state index is 12.0. The molecule has 0 radical (unpaired) electrons. The summed E-state index contributed by atoms with van der Waals surface area (Å²) in [6, 6.07) is 5.94. The Labute approximate surface area is 172 Å². The standard InChI is InChI=1S/C13H24O2.C12H18O/c1-5-12(3,4)11(14)15-13(6-2)9-7-8-10-13;1-4-9(3)11-6-7-12(13)10(5-2)8-11/h5-10H2,1-4H3;6-9,13H,4-5H2,1-3H3. The molecule has 1 unspecified atom stereocenters. The van der Waals surface area contributed by atoms with Crippen LogP contribution in [-0.2, 0) is 16.0 Å². The number of carbonyl (C=O) groups excluding carboxylic acids is 1. The van der Waals surface area contributed by atoms with Crippen LogP contribution in [0.2, 0.25) is 0 Å². The van der Waals surface area contributed by atoms with E-state index in [1.54, 1.807) is 6.07 Å². The fourth-order valence-corrected chi connectivity index (χ4v) is 3.46. The van der Waals surface area contributed by atoms with Gasteiger partial charge in [-0.2, -0.15) is 0 Å². The molecule has 1 saturated carbocycles. The molecule has 1 aliphatic carbocycles. The van der Waals surface area contributed by atoms with Crippen LogP contribution in [0.4, 0.5) is 0 Å². The summed E-state index contributed by atoms with van der Waals surface area (Å²) in [5.74, 6) is 0.995. The molecular weight excluding hydrogens is 348 g/mol. The van der Waals surface area contributed by atoms with Gasteiger partial charge in [0.1, 0.15) is 11.4 Å². The molecule has 1 aliphatic rings. The van der Waals surface area contributed by atoms with E-state index in [1.165, 1.54) is 18.4 Å². The van der Waals surface area contributed by atoms with Crippen molar-refractivity contribution in [3.8, 4) is 5.75 Å². The molecule has 0 saturated heterocycles. The van der Waals surface area contributed by atoms with Crippen LogP contribution < -0.4 is 0 Å². The molecule has 1 N–H and O–H groups in total. The highest BCUT2D eigenvalue weighted by Gasteiger charge is 2.39. The molecular formula is C25H42O3. The van der Waals surface area contributed by atoms with Crippen LogP contribution in [0.5, 0.6) is 5.75 Å². The monoisotopic (exact) mass is 390 g/mol. The Morgan fingerprint density at radius 3 is 2.25 bits per heavy atom. The van der Waals surface area contributed by atoms with Gasteiger partial charge in [-0.3, -0.25) is 4.79 Å². The first-order valence-corrected chi connectivity index (χ1v) is 11.2. The topological polar surface area (TPSA) is 46.5 Å². The Bertz CT molecular complexity index is 612. The largest absolute Gasteiger partial charge is 0.508 e. The summed E-state index contributed by atoms with van der Waals surface area (Å²) in [7, 11) is 0. The molecule has 3 nitrogen and oxygen atoms in total. The van der Waals surface area contributed by atoms with Crippen LogP contribution >= 0.6 is 0 Å². The zero-order valence-electron chi connectivity index (χ0n) is 19.2. The van der Waals surface area contributed by atoms with Crippen LogP contribution in [-0.4, -0.2) is 16.7 Å². The normalized spacial score (nSPS) is 16.8. The number of phenols is 1. The molecule has 3 heteroatoms. The molecule has 160 valence electrons. The first-order chi connectivity index (χ1) is 13.1. The Morgan fingerprint density at radius 1 is 1.18 bits per heavy atom. The number of hydrogen-bond acceptors (Lipinski definition) is 3. The maximum Gasteiger partial charge on any atom is 0.312 e. The van der Waals surface area contributed by atoms with Gasteiger partial charge in [0.15, 0.2) is 0 Å². The van der Waals surface area contributed by atoms with E-state index in [9.17, 15) is 9.90 Å². The lowest BCUT2D eigenvalue weighted by molar-refractivity contribution is -0.170. The molecule has 2 rings (SSSR count). The molecule has 1 atom stereocenters. The maximum atomic E-state index is 12.0. The minimum atomic E-state index is -0.329. The highest BCUT2D eigenvalue weighted by molar-refractivity contribution is 5.76. The lowest BCUT2D eigenvalue weighted by Crippen LogP contribution is -2.37. The fourth-order valence-electron chi connectivity index (χ4n) is 3.46. The second-order valence-corrected chi connectivity index (χ2v) is 8.92. The van der Waals surface area contributed by atoms with Crippen molar-refractivity contribution in [3.05, 3.63) is 29.3 Å². The van der Waals surface area contributed by atoms with Gasteiger partial charge in [0, 0.05) is 0 Å². The number of benzene rings is 1. The van der Waals surface area contributed by atoms with Crippen LogP contribution in [0.25, 0.3) is 0 Å². The van der Waals surface area contributed by atoms with Gasteiger partial charge in [-0.25, -0.2) is 0 Å². The summed E-state index contributed by atoms with van der Waals surface area (Å²) in [5.41, 5.74) is 1.92. The molecule has 0 aromatic heterocycles. The first kappa shape index (κ1) is 24.5. The second kappa shape index (κ2) is 10.9. The van der Waals surface area contributed by atoms with Crippen molar-refractivity contribution in [2.24, 2.45) is 5.41 Å². The second-order valence-electron chi connectivity index (χ2n) is 8.92. The number of ether oxygens (including phenoxy) is 1. The lowest BCUT2D eigenvalue weighted by Gasteiger charge is -2.32. The Hall–Kier alpha value is -1.51. The van der Waals surface area contributed by atoms with Crippen LogP contribution in [0, 0.1) is 5.41 Å². The molecule has 0 amide bonds. The van der Waals surface area contributed by atoms with Gasteiger partial charge in [0.25, 0.3) is 0 Å². The summed E-state index contributed by atoms with van der Waals surface area (Å²) < 4.78 is 5.76. The Kier molecular flexibility index (Phi) is 9.53.